The van der Waals surface area contributed by atoms with Gasteiger partial charge in [0.25, 0.3) is 5.56 Å². The van der Waals surface area contributed by atoms with Gasteiger partial charge < -0.3 is 4.90 Å². The van der Waals surface area contributed by atoms with Gasteiger partial charge in [0.15, 0.2) is 0 Å². The van der Waals surface area contributed by atoms with Crippen LogP contribution < -0.4 is 10.5 Å². The van der Waals surface area contributed by atoms with Gasteiger partial charge in [0.2, 0.25) is 5.95 Å². The Kier molecular flexibility index (Phi) is 5.78. The Morgan fingerprint density at radius 1 is 1.21 bits per heavy atom. The molecule has 1 aromatic carbocycles. The Morgan fingerprint density at radius 2 is 2.03 bits per heavy atom. The van der Waals surface area contributed by atoms with Crippen LogP contribution in [0.1, 0.15) is 11.3 Å². The Morgan fingerprint density at radius 3 is 2.79 bits per heavy atom. The van der Waals surface area contributed by atoms with E-state index in [2.05, 4.69) is 43.1 Å². The summed E-state index contributed by atoms with van der Waals surface area (Å²) in [5.41, 5.74) is 2.93. The van der Waals surface area contributed by atoms with Gasteiger partial charge in [-0.3, -0.25) is 14.7 Å². The molecule has 0 spiro atoms. The van der Waals surface area contributed by atoms with Crippen LogP contribution in [0.2, 0.25) is 5.02 Å². The standard InChI is InChI=1S/C21H23ClN6O/c1-16-17(15-24-28(16)21-23-8-7-20(29)25-21)4-3-9-26-10-12-27(13-11-26)19-6-2-5-18(22)14-19/h2-8,14-15H,9-13H2,1H3,(H,23,25,29). The van der Waals surface area contributed by atoms with Crippen molar-refractivity contribution < 1.29 is 0 Å². The minimum Gasteiger partial charge on any atom is -0.369 e. The highest BCUT2D eigenvalue weighted by molar-refractivity contribution is 6.30. The molecule has 0 bridgehead atoms. The molecular weight excluding hydrogens is 388 g/mol. The molecule has 1 aliphatic heterocycles. The molecule has 2 aromatic heterocycles. The van der Waals surface area contributed by atoms with Crippen LogP contribution in [0, 0.1) is 6.92 Å². The zero-order chi connectivity index (χ0) is 20.2. The Balaban J connectivity index is 1.34. The van der Waals surface area contributed by atoms with E-state index in [1.807, 2.05) is 25.1 Å². The van der Waals surface area contributed by atoms with Crippen molar-refractivity contribution in [3.8, 4) is 5.95 Å². The number of aromatic amines is 1. The molecule has 0 radical (unpaired) electrons. The fourth-order valence-corrected chi connectivity index (χ4v) is 3.64. The second-order valence-corrected chi connectivity index (χ2v) is 7.46. The van der Waals surface area contributed by atoms with Crippen molar-refractivity contribution in [2.45, 2.75) is 6.92 Å². The van der Waals surface area contributed by atoms with E-state index in [9.17, 15) is 4.79 Å². The molecule has 3 aromatic rings. The molecule has 0 aliphatic carbocycles. The van der Waals surface area contributed by atoms with E-state index in [1.54, 1.807) is 10.9 Å². The molecule has 0 atom stereocenters. The van der Waals surface area contributed by atoms with Crippen LogP contribution in [0.5, 0.6) is 0 Å². The maximum Gasteiger partial charge on any atom is 0.252 e. The summed E-state index contributed by atoms with van der Waals surface area (Å²) in [7, 11) is 0. The van der Waals surface area contributed by atoms with Crippen LogP contribution in [-0.2, 0) is 0 Å². The molecule has 150 valence electrons. The second kappa shape index (κ2) is 8.63. The maximum atomic E-state index is 11.5. The van der Waals surface area contributed by atoms with Gasteiger partial charge in [-0.05, 0) is 25.1 Å². The van der Waals surface area contributed by atoms with Crippen LogP contribution in [-0.4, -0.2) is 57.4 Å². The van der Waals surface area contributed by atoms with Gasteiger partial charge in [0.05, 0.1) is 11.9 Å². The number of hydrogen-bond acceptors (Lipinski definition) is 5. The molecule has 1 aliphatic rings. The van der Waals surface area contributed by atoms with Crippen molar-refractivity contribution >= 4 is 23.4 Å². The molecule has 1 saturated heterocycles. The lowest BCUT2D eigenvalue weighted by Gasteiger charge is -2.35. The van der Waals surface area contributed by atoms with Crippen molar-refractivity contribution in [1.29, 1.82) is 0 Å². The van der Waals surface area contributed by atoms with Crippen LogP contribution in [0.15, 0.2) is 53.6 Å². The zero-order valence-electron chi connectivity index (χ0n) is 16.3. The van der Waals surface area contributed by atoms with Gasteiger partial charge in [-0.1, -0.05) is 29.8 Å². The number of halogens is 1. The van der Waals surface area contributed by atoms with E-state index < -0.39 is 0 Å². The summed E-state index contributed by atoms with van der Waals surface area (Å²) < 4.78 is 1.64. The van der Waals surface area contributed by atoms with Crippen LogP contribution >= 0.6 is 11.6 Å². The Bertz CT molecular complexity index is 1060. The molecule has 1 fully saturated rings. The summed E-state index contributed by atoms with van der Waals surface area (Å²) in [4.78, 5) is 23.2. The highest BCUT2D eigenvalue weighted by atomic mass is 35.5. The molecule has 4 rings (SSSR count). The van der Waals surface area contributed by atoms with E-state index >= 15 is 0 Å². The third-order valence-electron chi connectivity index (χ3n) is 5.11. The average Bonchev–Trinajstić information content (AvgIpc) is 3.09. The molecule has 0 amide bonds. The number of piperazine rings is 1. The molecule has 7 nitrogen and oxygen atoms in total. The number of anilines is 1. The smallest absolute Gasteiger partial charge is 0.252 e. The maximum absolute atomic E-state index is 11.5. The van der Waals surface area contributed by atoms with Gasteiger partial charge in [-0.15, -0.1) is 0 Å². The van der Waals surface area contributed by atoms with E-state index in [-0.39, 0.29) is 5.56 Å². The summed E-state index contributed by atoms with van der Waals surface area (Å²) in [6.45, 7) is 6.82. The third-order valence-corrected chi connectivity index (χ3v) is 5.35. The number of H-pyrrole nitrogens is 1. The van der Waals surface area contributed by atoms with Gasteiger partial charge in [0, 0.05) is 61.3 Å². The minimum absolute atomic E-state index is 0.195. The predicted molar refractivity (Wildman–Crippen MR) is 116 cm³/mol. The van der Waals surface area contributed by atoms with Crippen molar-refractivity contribution in [3.05, 3.63) is 75.4 Å². The summed E-state index contributed by atoms with van der Waals surface area (Å²) in [6, 6.07) is 9.41. The average molecular weight is 411 g/mol. The number of rotatable bonds is 5. The van der Waals surface area contributed by atoms with E-state index in [0.29, 0.717) is 5.95 Å². The monoisotopic (exact) mass is 410 g/mol. The minimum atomic E-state index is -0.195. The van der Waals surface area contributed by atoms with Crippen LogP contribution in [0.4, 0.5) is 5.69 Å². The number of nitrogens with one attached hydrogen (secondary N) is 1. The number of nitrogens with zero attached hydrogens (tertiary/aromatic N) is 5. The lowest BCUT2D eigenvalue weighted by atomic mass is 10.2. The fourth-order valence-electron chi connectivity index (χ4n) is 3.46. The highest BCUT2D eigenvalue weighted by Gasteiger charge is 2.16. The lowest BCUT2D eigenvalue weighted by Crippen LogP contribution is -2.46. The topological polar surface area (TPSA) is 70.0 Å². The van der Waals surface area contributed by atoms with E-state index in [1.165, 1.54) is 18.0 Å². The first-order valence-corrected chi connectivity index (χ1v) is 9.98. The van der Waals surface area contributed by atoms with Crippen LogP contribution in [0.3, 0.4) is 0 Å². The number of hydrogen-bond donors (Lipinski definition) is 1. The zero-order valence-corrected chi connectivity index (χ0v) is 17.0. The van der Waals surface area contributed by atoms with Gasteiger partial charge in [0.1, 0.15) is 0 Å². The summed E-state index contributed by atoms with van der Waals surface area (Å²) in [6.07, 6.45) is 7.50. The van der Waals surface area contributed by atoms with Crippen molar-refractivity contribution in [1.82, 2.24) is 24.6 Å². The first-order valence-electron chi connectivity index (χ1n) is 9.60. The predicted octanol–water partition coefficient (Wildman–Crippen LogP) is 2.75. The summed E-state index contributed by atoms with van der Waals surface area (Å²) in [5.74, 6) is 0.423. The largest absolute Gasteiger partial charge is 0.369 e. The first-order chi connectivity index (χ1) is 14.1. The number of benzene rings is 1. The molecule has 0 unspecified atom stereocenters. The SMILES string of the molecule is Cc1c(C=CCN2CCN(c3cccc(Cl)c3)CC2)cnn1-c1nccc(=O)[nH]1. The Labute approximate surface area is 174 Å². The molecule has 3 heterocycles. The van der Waals surface area contributed by atoms with Gasteiger partial charge >= 0.3 is 0 Å². The van der Waals surface area contributed by atoms with Crippen molar-refractivity contribution in [2.75, 3.05) is 37.6 Å². The number of aromatic nitrogens is 4. The molecule has 29 heavy (non-hydrogen) atoms. The highest BCUT2D eigenvalue weighted by Crippen LogP contribution is 2.20. The second-order valence-electron chi connectivity index (χ2n) is 7.02. The lowest BCUT2D eigenvalue weighted by molar-refractivity contribution is 0.284. The van der Waals surface area contributed by atoms with Crippen LogP contribution in [0.25, 0.3) is 12.0 Å². The summed E-state index contributed by atoms with van der Waals surface area (Å²) in [5, 5.41) is 5.12. The molecule has 0 saturated carbocycles. The van der Waals surface area contributed by atoms with E-state index in [4.69, 9.17) is 11.6 Å². The first kappa shape index (κ1) is 19.4. The van der Waals surface area contributed by atoms with Crippen molar-refractivity contribution in [2.24, 2.45) is 0 Å². The molecular formula is C21H23ClN6O. The molecule has 8 heteroatoms. The van der Waals surface area contributed by atoms with Gasteiger partial charge in [-0.25, -0.2) is 9.67 Å². The van der Waals surface area contributed by atoms with E-state index in [0.717, 1.165) is 49.0 Å². The normalized spacial score (nSPS) is 15.3. The quantitative estimate of drug-likeness (QED) is 0.700. The Hall–Kier alpha value is -2.90. The van der Waals surface area contributed by atoms with Crippen molar-refractivity contribution in [3.63, 3.8) is 0 Å². The third kappa shape index (κ3) is 4.58. The fraction of sp³-hybridized carbons (Fsp3) is 0.286. The summed E-state index contributed by atoms with van der Waals surface area (Å²) >= 11 is 6.11. The van der Waals surface area contributed by atoms with Gasteiger partial charge in [-0.2, -0.15) is 5.10 Å². The molecule has 1 N–H and O–H groups in total.